The summed E-state index contributed by atoms with van der Waals surface area (Å²) < 4.78 is 17.2. The Kier molecular flexibility index (Phi) is 10.6. The van der Waals surface area contributed by atoms with Gasteiger partial charge in [0.1, 0.15) is 12.2 Å². The van der Waals surface area contributed by atoms with Crippen LogP contribution < -0.4 is 9.47 Å². The molecule has 1 aliphatic heterocycles. The van der Waals surface area contributed by atoms with Crippen LogP contribution in [-0.4, -0.2) is 55.3 Å². The molecule has 2 aromatic carbocycles. The zero-order valence-electron chi connectivity index (χ0n) is 21.5. The molecule has 8 heteroatoms. The minimum atomic E-state index is -0.583. The van der Waals surface area contributed by atoms with Gasteiger partial charge in [-0.3, -0.25) is 9.68 Å². The molecule has 8 nitrogen and oxygen atoms in total. The van der Waals surface area contributed by atoms with Crippen molar-refractivity contribution in [3.8, 4) is 11.5 Å². The zero-order valence-corrected chi connectivity index (χ0v) is 21.5. The summed E-state index contributed by atoms with van der Waals surface area (Å²) in [6.07, 6.45) is 3.18. The normalized spacial score (nSPS) is 13.8. The topological polar surface area (TPSA) is 83.5 Å². The number of morpholine rings is 1. The number of amides is 1. The number of para-hydroxylation sites is 2. The molecule has 0 aromatic heterocycles. The predicted molar refractivity (Wildman–Crippen MR) is 135 cm³/mol. The van der Waals surface area contributed by atoms with Crippen molar-refractivity contribution in [2.24, 2.45) is 0 Å². The second-order valence-corrected chi connectivity index (χ2v) is 9.65. The summed E-state index contributed by atoms with van der Waals surface area (Å²) in [5.74, 6) is 0.944. The quantitative estimate of drug-likeness (QED) is 0.232. The summed E-state index contributed by atoms with van der Waals surface area (Å²) in [5.41, 5.74) is 0.623. The number of ether oxygens (including phenoxy) is 3. The number of unbranched alkanes of at least 4 members (excludes halogenated alkanes) is 2. The number of rotatable bonds is 12. The van der Waals surface area contributed by atoms with Crippen LogP contribution in [0.15, 0.2) is 48.5 Å². The highest BCUT2D eigenvalue weighted by molar-refractivity contribution is 5.89. The van der Waals surface area contributed by atoms with Gasteiger partial charge in [-0.15, -0.1) is 0 Å². The molecule has 196 valence electrons. The molecule has 0 atom stereocenters. The van der Waals surface area contributed by atoms with Crippen LogP contribution >= 0.6 is 0 Å². The molecule has 1 amide bonds. The number of carbonyl (C=O) groups excluding carboxylic acids is 2. The molecule has 1 heterocycles. The maximum absolute atomic E-state index is 12.2. The lowest BCUT2D eigenvalue weighted by atomic mass is 10.1. The Morgan fingerprint density at radius 1 is 0.917 bits per heavy atom. The van der Waals surface area contributed by atoms with Gasteiger partial charge in [-0.25, -0.2) is 4.79 Å². The van der Waals surface area contributed by atoms with Crippen LogP contribution in [-0.2, 0) is 25.9 Å². The first-order valence-electron chi connectivity index (χ1n) is 12.5. The molecule has 0 saturated carbocycles. The predicted octanol–water partition coefficient (Wildman–Crippen LogP) is 4.95. The fourth-order valence-corrected chi connectivity index (χ4v) is 3.56. The van der Waals surface area contributed by atoms with E-state index in [4.69, 9.17) is 24.0 Å². The number of benzene rings is 2. The van der Waals surface area contributed by atoms with Gasteiger partial charge in [-0.2, -0.15) is 4.89 Å². The summed E-state index contributed by atoms with van der Waals surface area (Å²) in [6, 6.07) is 14.5. The Bertz CT molecular complexity index is 980. The van der Waals surface area contributed by atoms with E-state index in [0.717, 1.165) is 24.8 Å². The highest BCUT2D eigenvalue weighted by Gasteiger charge is 2.17. The van der Waals surface area contributed by atoms with Crippen molar-refractivity contribution in [3.63, 3.8) is 0 Å². The van der Waals surface area contributed by atoms with E-state index < -0.39 is 11.6 Å². The van der Waals surface area contributed by atoms with Crippen molar-refractivity contribution in [2.75, 3.05) is 32.9 Å². The van der Waals surface area contributed by atoms with Crippen LogP contribution in [0.5, 0.6) is 11.5 Å². The molecule has 0 spiro atoms. The van der Waals surface area contributed by atoms with Crippen molar-refractivity contribution in [1.82, 2.24) is 4.90 Å². The second kappa shape index (κ2) is 13.8. The lowest BCUT2D eigenvalue weighted by Crippen LogP contribution is -2.40. The number of hydrogen-bond acceptors (Lipinski definition) is 7. The molecule has 36 heavy (non-hydrogen) atoms. The summed E-state index contributed by atoms with van der Waals surface area (Å²) in [5, 5.41) is 0. The standard InChI is InChI=1S/C28H37NO7/c1-28(2,3)36-35-27(31)23-11-9-10-22(20-23)21-34-25-13-7-6-12-24(25)33-17-8-4-5-14-26(30)29-15-18-32-19-16-29/h6-7,9-13,20H,4-5,8,14-19,21H2,1-3H3. The van der Waals surface area contributed by atoms with Gasteiger partial charge < -0.3 is 19.1 Å². The maximum Gasteiger partial charge on any atom is 0.373 e. The molecule has 0 unspecified atom stereocenters. The van der Waals surface area contributed by atoms with Crippen LogP contribution in [0.3, 0.4) is 0 Å². The van der Waals surface area contributed by atoms with Gasteiger partial charge in [-0.05, 0) is 69.9 Å². The minimum Gasteiger partial charge on any atom is -0.490 e. The Morgan fingerprint density at radius 2 is 1.64 bits per heavy atom. The number of nitrogens with zero attached hydrogens (tertiary/aromatic N) is 1. The SMILES string of the molecule is CC(C)(C)OOC(=O)c1cccc(COc2ccccc2OCCCCCC(=O)N2CCOCC2)c1. The van der Waals surface area contributed by atoms with Gasteiger partial charge in [0.15, 0.2) is 11.5 Å². The smallest absolute Gasteiger partial charge is 0.373 e. The zero-order chi connectivity index (χ0) is 25.8. The summed E-state index contributed by atoms with van der Waals surface area (Å²) in [7, 11) is 0. The Balaban J connectivity index is 1.41. The lowest BCUT2D eigenvalue weighted by molar-refractivity contribution is -0.301. The minimum absolute atomic E-state index is 0.206. The molecule has 3 rings (SSSR count). The molecule has 0 N–H and O–H groups in total. The molecular formula is C28H37NO7. The molecule has 2 aromatic rings. The van der Waals surface area contributed by atoms with Gasteiger partial charge >= 0.3 is 5.97 Å². The van der Waals surface area contributed by atoms with E-state index in [9.17, 15) is 9.59 Å². The maximum atomic E-state index is 12.2. The first-order valence-corrected chi connectivity index (χ1v) is 12.5. The van der Waals surface area contributed by atoms with E-state index in [1.807, 2.05) is 35.2 Å². The molecule has 1 saturated heterocycles. The summed E-state index contributed by atoms with van der Waals surface area (Å²) >= 11 is 0. The largest absolute Gasteiger partial charge is 0.490 e. The average molecular weight is 500 g/mol. The highest BCUT2D eigenvalue weighted by atomic mass is 17.2. The molecular weight excluding hydrogens is 462 g/mol. The first kappa shape index (κ1) is 27.5. The second-order valence-electron chi connectivity index (χ2n) is 9.65. The highest BCUT2D eigenvalue weighted by Crippen LogP contribution is 2.27. The fraction of sp³-hybridized carbons (Fsp3) is 0.500. The van der Waals surface area contributed by atoms with Crippen molar-refractivity contribution < 1.29 is 33.6 Å². The molecule has 0 radical (unpaired) electrons. The third-order valence-corrected chi connectivity index (χ3v) is 5.43. The monoisotopic (exact) mass is 499 g/mol. The summed E-state index contributed by atoms with van der Waals surface area (Å²) in [4.78, 5) is 36.4. The average Bonchev–Trinajstić information content (AvgIpc) is 2.88. The van der Waals surface area contributed by atoms with E-state index in [2.05, 4.69) is 0 Å². The Hall–Kier alpha value is -3.10. The van der Waals surface area contributed by atoms with Gasteiger partial charge in [-0.1, -0.05) is 24.3 Å². The Labute approximate surface area is 213 Å². The van der Waals surface area contributed by atoms with E-state index in [-0.39, 0.29) is 12.5 Å². The van der Waals surface area contributed by atoms with Crippen molar-refractivity contribution in [3.05, 3.63) is 59.7 Å². The van der Waals surface area contributed by atoms with Crippen LogP contribution in [0.1, 0.15) is 62.4 Å². The van der Waals surface area contributed by atoms with Gasteiger partial charge in [0, 0.05) is 19.5 Å². The van der Waals surface area contributed by atoms with Crippen molar-refractivity contribution in [1.29, 1.82) is 0 Å². The third kappa shape index (κ3) is 9.51. The van der Waals surface area contributed by atoms with E-state index in [1.54, 1.807) is 39.0 Å². The van der Waals surface area contributed by atoms with Crippen LogP contribution in [0.2, 0.25) is 0 Å². The Morgan fingerprint density at radius 3 is 2.36 bits per heavy atom. The molecule has 0 aliphatic carbocycles. The van der Waals surface area contributed by atoms with Crippen LogP contribution in [0, 0.1) is 0 Å². The van der Waals surface area contributed by atoms with Gasteiger partial charge in [0.2, 0.25) is 5.91 Å². The van der Waals surface area contributed by atoms with Crippen molar-refractivity contribution >= 4 is 11.9 Å². The number of hydrogen-bond donors (Lipinski definition) is 0. The van der Waals surface area contributed by atoms with Crippen molar-refractivity contribution in [2.45, 2.75) is 58.7 Å². The molecule has 0 bridgehead atoms. The van der Waals surface area contributed by atoms with E-state index >= 15 is 0 Å². The molecule has 1 fully saturated rings. The lowest BCUT2D eigenvalue weighted by Gasteiger charge is -2.26. The van der Waals surface area contributed by atoms with Gasteiger partial charge in [0.05, 0.1) is 25.4 Å². The van der Waals surface area contributed by atoms with E-state index in [1.165, 1.54) is 0 Å². The first-order chi connectivity index (χ1) is 17.3. The third-order valence-electron chi connectivity index (χ3n) is 5.43. The number of carbonyl (C=O) groups is 2. The summed E-state index contributed by atoms with van der Waals surface area (Å²) in [6.45, 7) is 8.87. The van der Waals surface area contributed by atoms with Crippen LogP contribution in [0.4, 0.5) is 0 Å². The fourth-order valence-electron chi connectivity index (χ4n) is 3.56. The molecule has 1 aliphatic rings. The van der Waals surface area contributed by atoms with Crippen LogP contribution in [0.25, 0.3) is 0 Å². The van der Waals surface area contributed by atoms with Gasteiger partial charge in [0.25, 0.3) is 0 Å². The van der Waals surface area contributed by atoms with E-state index in [0.29, 0.717) is 56.4 Å².